The number of nitrogens with zero attached hydrogens (tertiary/aromatic N) is 1. The molecule has 3 rings (SSSR count). The highest BCUT2D eigenvalue weighted by molar-refractivity contribution is 6.30. The maximum Gasteiger partial charge on any atom is 0.432 e. The molecule has 4 nitrogen and oxygen atoms in total. The van der Waals surface area contributed by atoms with Crippen LogP contribution in [0.1, 0.15) is 5.69 Å². The summed E-state index contributed by atoms with van der Waals surface area (Å²) in [6.07, 6.45) is -5.00. The molecule has 0 saturated carbocycles. The standard InChI is InChI=1S/C17H8ClF5N2O2/c18-10-4-1-8(2-5-10)14-15(25(26)27)13(16(24-14)17(21,22)23)9-3-6-11(19)12(20)7-9/h1-7,24H. The number of nitrogens with one attached hydrogen (secondary N) is 1. The van der Waals surface area contributed by atoms with Crippen molar-refractivity contribution in [3.05, 3.63) is 74.9 Å². The fraction of sp³-hybridized carbons (Fsp3) is 0.0588. The average molecular weight is 403 g/mol. The predicted octanol–water partition coefficient (Wildman–Crippen LogP) is 6.21. The summed E-state index contributed by atoms with van der Waals surface area (Å²) in [6.45, 7) is 0. The van der Waals surface area contributed by atoms with Gasteiger partial charge in [0.1, 0.15) is 11.4 Å². The molecule has 27 heavy (non-hydrogen) atoms. The zero-order chi connectivity index (χ0) is 19.9. The number of alkyl halides is 3. The SMILES string of the molecule is O=[N+]([O-])c1c(-c2ccc(Cl)cc2)[nH]c(C(F)(F)F)c1-c1ccc(F)c(F)c1. The van der Waals surface area contributed by atoms with Gasteiger partial charge in [-0.2, -0.15) is 13.2 Å². The minimum absolute atomic E-state index is 0.0745. The van der Waals surface area contributed by atoms with E-state index in [9.17, 15) is 32.1 Å². The van der Waals surface area contributed by atoms with Crippen LogP contribution in [0.25, 0.3) is 22.4 Å². The minimum Gasteiger partial charge on any atom is -0.345 e. The number of rotatable bonds is 3. The van der Waals surface area contributed by atoms with Crippen molar-refractivity contribution in [2.75, 3.05) is 0 Å². The third-order valence-electron chi connectivity index (χ3n) is 3.78. The summed E-state index contributed by atoms with van der Waals surface area (Å²) in [7, 11) is 0. The lowest BCUT2D eigenvalue weighted by atomic mass is 10.0. The number of benzene rings is 2. The van der Waals surface area contributed by atoms with Crippen LogP contribution in [0.2, 0.25) is 5.02 Å². The largest absolute Gasteiger partial charge is 0.432 e. The fourth-order valence-corrected chi connectivity index (χ4v) is 2.77. The Kier molecular flexibility index (Phi) is 4.64. The predicted molar refractivity (Wildman–Crippen MR) is 88.2 cm³/mol. The van der Waals surface area contributed by atoms with E-state index in [0.717, 1.165) is 6.07 Å². The molecule has 0 atom stereocenters. The van der Waals surface area contributed by atoms with E-state index in [1.54, 1.807) is 0 Å². The Morgan fingerprint density at radius 3 is 2.07 bits per heavy atom. The van der Waals surface area contributed by atoms with E-state index in [0.29, 0.717) is 12.1 Å². The van der Waals surface area contributed by atoms with Crippen molar-refractivity contribution in [2.24, 2.45) is 0 Å². The second-order valence-electron chi connectivity index (χ2n) is 5.49. The second kappa shape index (κ2) is 6.66. The van der Waals surface area contributed by atoms with Gasteiger partial charge in [0.05, 0.1) is 10.5 Å². The zero-order valence-corrected chi connectivity index (χ0v) is 13.8. The van der Waals surface area contributed by atoms with Gasteiger partial charge < -0.3 is 4.98 Å². The molecule has 0 radical (unpaired) electrons. The van der Waals surface area contributed by atoms with Gasteiger partial charge in [-0.15, -0.1) is 0 Å². The monoisotopic (exact) mass is 402 g/mol. The molecule has 1 heterocycles. The van der Waals surface area contributed by atoms with E-state index in [1.807, 2.05) is 4.98 Å². The first-order valence-electron chi connectivity index (χ1n) is 7.28. The maximum absolute atomic E-state index is 13.5. The molecule has 2 aromatic carbocycles. The fourth-order valence-electron chi connectivity index (χ4n) is 2.64. The summed E-state index contributed by atoms with van der Waals surface area (Å²) in [4.78, 5) is 12.6. The van der Waals surface area contributed by atoms with Gasteiger partial charge in [0.2, 0.25) is 0 Å². The van der Waals surface area contributed by atoms with Gasteiger partial charge in [-0.1, -0.05) is 29.8 Å². The number of H-pyrrole nitrogens is 1. The van der Waals surface area contributed by atoms with Crippen molar-refractivity contribution in [2.45, 2.75) is 6.18 Å². The summed E-state index contributed by atoms with van der Waals surface area (Å²) in [6, 6.07) is 7.23. The van der Waals surface area contributed by atoms with E-state index in [1.165, 1.54) is 24.3 Å². The van der Waals surface area contributed by atoms with Gasteiger partial charge in [-0.25, -0.2) is 8.78 Å². The molecule has 0 unspecified atom stereocenters. The maximum atomic E-state index is 13.5. The molecule has 10 heteroatoms. The first-order valence-corrected chi connectivity index (χ1v) is 7.66. The molecule has 140 valence electrons. The summed E-state index contributed by atoms with van der Waals surface area (Å²) >= 11 is 5.74. The van der Waals surface area contributed by atoms with Gasteiger partial charge in [-0.05, 0) is 29.8 Å². The highest BCUT2D eigenvalue weighted by Gasteiger charge is 2.42. The van der Waals surface area contributed by atoms with Crippen LogP contribution in [0.15, 0.2) is 42.5 Å². The van der Waals surface area contributed by atoms with Crippen LogP contribution in [0.4, 0.5) is 27.6 Å². The molecule has 1 aromatic heterocycles. The van der Waals surface area contributed by atoms with Gasteiger partial charge >= 0.3 is 11.9 Å². The molecule has 0 aliphatic heterocycles. The van der Waals surface area contributed by atoms with Crippen LogP contribution in [0.5, 0.6) is 0 Å². The number of hydrogen-bond donors (Lipinski definition) is 1. The molecule has 0 amide bonds. The Labute approximate surface area is 153 Å². The third kappa shape index (κ3) is 3.50. The van der Waals surface area contributed by atoms with Gasteiger partial charge in [0.15, 0.2) is 11.6 Å². The van der Waals surface area contributed by atoms with E-state index >= 15 is 0 Å². The minimum atomic E-state index is -5.00. The van der Waals surface area contributed by atoms with E-state index in [2.05, 4.69) is 0 Å². The van der Waals surface area contributed by atoms with Crippen molar-refractivity contribution in [3.8, 4) is 22.4 Å². The van der Waals surface area contributed by atoms with Crippen molar-refractivity contribution in [1.82, 2.24) is 4.98 Å². The zero-order valence-electron chi connectivity index (χ0n) is 13.1. The van der Waals surface area contributed by atoms with Crippen molar-refractivity contribution in [1.29, 1.82) is 0 Å². The highest BCUT2D eigenvalue weighted by Crippen LogP contribution is 2.47. The molecular weight excluding hydrogens is 395 g/mol. The Hall–Kier alpha value is -2.94. The molecule has 3 aromatic rings. The van der Waals surface area contributed by atoms with Crippen LogP contribution in [-0.2, 0) is 6.18 Å². The average Bonchev–Trinajstić information content (AvgIpc) is 2.99. The summed E-state index contributed by atoms with van der Waals surface area (Å²) < 4.78 is 67.2. The van der Waals surface area contributed by atoms with Crippen LogP contribution >= 0.6 is 11.6 Å². The molecule has 0 fully saturated rings. The molecule has 1 N–H and O–H groups in total. The van der Waals surface area contributed by atoms with Gasteiger partial charge in [0.25, 0.3) is 0 Å². The van der Waals surface area contributed by atoms with Crippen LogP contribution in [-0.4, -0.2) is 9.91 Å². The van der Waals surface area contributed by atoms with Crippen molar-refractivity contribution < 1.29 is 26.9 Å². The van der Waals surface area contributed by atoms with Crippen molar-refractivity contribution >= 4 is 17.3 Å². The molecule has 0 aliphatic rings. The lowest BCUT2D eigenvalue weighted by Gasteiger charge is -2.08. The second-order valence-corrected chi connectivity index (χ2v) is 5.93. The topological polar surface area (TPSA) is 58.9 Å². The first-order chi connectivity index (χ1) is 12.6. The summed E-state index contributed by atoms with van der Waals surface area (Å²) in [5, 5.41) is 11.9. The van der Waals surface area contributed by atoms with Gasteiger partial charge in [0, 0.05) is 10.6 Å². The molecule has 0 bridgehead atoms. The number of nitro groups is 1. The molecular formula is C17H8ClF5N2O2. The summed E-state index contributed by atoms with van der Waals surface area (Å²) in [5.41, 5.74) is -4.06. The van der Waals surface area contributed by atoms with Crippen LogP contribution < -0.4 is 0 Å². The lowest BCUT2D eigenvalue weighted by molar-refractivity contribution is -0.383. The highest BCUT2D eigenvalue weighted by atomic mass is 35.5. The molecule has 0 aliphatic carbocycles. The Balaban J connectivity index is 2.37. The van der Waals surface area contributed by atoms with E-state index < -0.39 is 50.9 Å². The number of aromatic nitrogens is 1. The summed E-state index contributed by atoms with van der Waals surface area (Å²) in [5.74, 6) is -2.72. The molecule has 0 spiro atoms. The lowest BCUT2D eigenvalue weighted by Crippen LogP contribution is -2.07. The van der Waals surface area contributed by atoms with Gasteiger partial charge in [-0.3, -0.25) is 10.1 Å². The van der Waals surface area contributed by atoms with Crippen LogP contribution in [0, 0.1) is 21.7 Å². The van der Waals surface area contributed by atoms with E-state index in [4.69, 9.17) is 11.6 Å². The smallest absolute Gasteiger partial charge is 0.345 e. The van der Waals surface area contributed by atoms with Crippen LogP contribution in [0.3, 0.4) is 0 Å². The Morgan fingerprint density at radius 2 is 1.56 bits per heavy atom. The van der Waals surface area contributed by atoms with E-state index in [-0.39, 0.29) is 10.6 Å². The number of aromatic amines is 1. The molecule has 0 saturated heterocycles. The first kappa shape index (κ1) is 18.8. The Morgan fingerprint density at radius 1 is 0.963 bits per heavy atom. The quantitative estimate of drug-likeness (QED) is 0.322. The number of halogens is 6. The van der Waals surface area contributed by atoms with Crippen molar-refractivity contribution in [3.63, 3.8) is 0 Å². The number of hydrogen-bond acceptors (Lipinski definition) is 2. The Bertz CT molecular complexity index is 1030. The normalized spacial score (nSPS) is 11.6. The third-order valence-corrected chi connectivity index (χ3v) is 4.03.